The normalized spacial score (nSPS) is 13.3. The molecule has 114 valence electrons. The van der Waals surface area contributed by atoms with Crippen molar-refractivity contribution in [2.75, 3.05) is 0 Å². The highest BCUT2D eigenvalue weighted by Crippen LogP contribution is 2.28. The smallest absolute Gasteiger partial charge is 0.0245 e. The zero-order valence-corrected chi connectivity index (χ0v) is 13.3. The largest absolute Gasteiger partial charge is 0.103 e. The van der Waals surface area contributed by atoms with E-state index in [0.717, 1.165) is 25.7 Å². The lowest BCUT2D eigenvalue weighted by molar-refractivity contribution is 0.332. The standard InChI is InChI=1S/C22H26/c1-3-11-21(17-19-13-7-5-8-14-19)22(12-4-2)18-20-15-9-6-10-16-20/h3-10,13-16,21-22H,1-2,11-12,17-18H2. The first-order chi connectivity index (χ1) is 10.8. The maximum atomic E-state index is 3.97. The molecule has 0 saturated carbocycles. The Morgan fingerprint density at radius 1 is 0.636 bits per heavy atom. The zero-order chi connectivity index (χ0) is 15.6. The summed E-state index contributed by atoms with van der Waals surface area (Å²) in [5.41, 5.74) is 2.83. The van der Waals surface area contributed by atoms with Crippen molar-refractivity contribution in [2.45, 2.75) is 25.7 Å². The molecule has 0 aliphatic carbocycles. The molecule has 0 amide bonds. The van der Waals surface area contributed by atoms with Gasteiger partial charge < -0.3 is 0 Å². The zero-order valence-electron chi connectivity index (χ0n) is 13.3. The highest BCUT2D eigenvalue weighted by Gasteiger charge is 2.20. The second-order valence-corrected chi connectivity index (χ2v) is 5.95. The van der Waals surface area contributed by atoms with Crippen LogP contribution in [0.1, 0.15) is 24.0 Å². The fourth-order valence-corrected chi connectivity index (χ4v) is 3.15. The van der Waals surface area contributed by atoms with Crippen molar-refractivity contribution >= 4 is 0 Å². The number of hydrogen-bond donors (Lipinski definition) is 0. The van der Waals surface area contributed by atoms with Crippen LogP contribution in [0, 0.1) is 11.8 Å². The first-order valence-electron chi connectivity index (χ1n) is 8.13. The lowest BCUT2D eigenvalue weighted by atomic mass is 9.79. The van der Waals surface area contributed by atoms with E-state index in [2.05, 4.69) is 86.0 Å². The predicted molar refractivity (Wildman–Crippen MR) is 96.9 cm³/mol. The third-order valence-electron chi connectivity index (χ3n) is 4.29. The van der Waals surface area contributed by atoms with E-state index in [4.69, 9.17) is 0 Å². The minimum atomic E-state index is 0.609. The second-order valence-electron chi connectivity index (χ2n) is 5.95. The Labute approximate surface area is 135 Å². The highest BCUT2D eigenvalue weighted by atomic mass is 14.2. The average molecular weight is 290 g/mol. The van der Waals surface area contributed by atoms with Crippen molar-refractivity contribution in [1.29, 1.82) is 0 Å². The van der Waals surface area contributed by atoms with Crippen LogP contribution in [0.5, 0.6) is 0 Å². The topological polar surface area (TPSA) is 0 Å². The Morgan fingerprint density at radius 2 is 1.00 bits per heavy atom. The molecule has 0 spiro atoms. The molecule has 0 bridgehead atoms. The maximum absolute atomic E-state index is 3.97. The summed E-state index contributed by atoms with van der Waals surface area (Å²) in [4.78, 5) is 0. The molecular weight excluding hydrogens is 264 g/mol. The number of benzene rings is 2. The van der Waals surface area contributed by atoms with Crippen LogP contribution >= 0.6 is 0 Å². The van der Waals surface area contributed by atoms with Crippen molar-refractivity contribution in [3.8, 4) is 0 Å². The molecular formula is C22H26. The highest BCUT2D eigenvalue weighted by molar-refractivity contribution is 5.18. The molecule has 0 heterocycles. The minimum absolute atomic E-state index is 0.609. The van der Waals surface area contributed by atoms with Crippen molar-refractivity contribution in [3.63, 3.8) is 0 Å². The van der Waals surface area contributed by atoms with E-state index < -0.39 is 0 Å². The summed E-state index contributed by atoms with van der Waals surface area (Å²) in [6, 6.07) is 21.6. The third-order valence-corrected chi connectivity index (χ3v) is 4.29. The quantitative estimate of drug-likeness (QED) is 0.508. The average Bonchev–Trinajstić information content (AvgIpc) is 2.56. The first-order valence-corrected chi connectivity index (χ1v) is 8.13. The van der Waals surface area contributed by atoms with Gasteiger partial charge in [-0.1, -0.05) is 72.8 Å². The summed E-state index contributed by atoms with van der Waals surface area (Å²) < 4.78 is 0. The van der Waals surface area contributed by atoms with Gasteiger partial charge in [-0.15, -0.1) is 13.2 Å². The maximum Gasteiger partial charge on any atom is -0.0245 e. The summed E-state index contributed by atoms with van der Waals surface area (Å²) in [6.07, 6.45) is 8.46. The van der Waals surface area contributed by atoms with Crippen LogP contribution in [0.15, 0.2) is 86.0 Å². The number of allylic oxidation sites excluding steroid dienone is 2. The van der Waals surface area contributed by atoms with Gasteiger partial charge in [0.2, 0.25) is 0 Å². The Morgan fingerprint density at radius 3 is 1.32 bits per heavy atom. The van der Waals surface area contributed by atoms with Crippen LogP contribution < -0.4 is 0 Å². The van der Waals surface area contributed by atoms with Crippen LogP contribution in [0.3, 0.4) is 0 Å². The van der Waals surface area contributed by atoms with E-state index in [-0.39, 0.29) is 0 Å². The van der Waals surface area contributed by atoms with Crippen molar-refractivity contribution in [2.24, 2.45) is 11.8 Å². The first kappa shape index (κ1) is 16.3. The predicted octanol–water partition coefficient (Wildman–Crippen LogP) is 5.86. The van der Waals surface area contributed by atoms with E-state index in [1.807, 2.05) is 0 Å². The molecule has 0 nitrogen and oxygen atoms in total. The van der Waals surface area contributed by atoms with Crippen LogP contribution in [-0.2, 0) is 12.8 Å². The molecule has 0 N–H and O–H groups in total. The fourth-order valence-electron chi connectivity index (χ4n) is 3.15. The van der Waals surface area contributed by atoms with Crippen molar-refractivity contribution in [1.82, 2.24) is 0 Å². The van der Waals surface area contributed by atoms with E-state index in [0.29, 0.717) is 11.8 Å². The molecule has 2 rings (SSSR count). The van der Waals surface area contributed by atoms with Crippen molar-refractivity contribution < 1.29 is 0 Å². The van der Waals surface area contributed by atoms with Crippen LogP contribution in [0.2, 0.25) is 0 Å². The van der Waals surface area contributed by atoms with Gasteiger partial charge in [-0.3, -0.25) is 0 Å². The van der Waals surface area contributed by atoms with E-state index in [1.165, 1.54) is 11.1 Å². The summed E-state index contributed by atoms with van der Waals surface area (Å²) in [6.45, 7) is 7.93. The van der Waals surface area contributed by atoms with Gasteiger partial charge in [0.05, 0.1) is 0 Å². The Kier molecular flexibility index (Phi) is 6.70. The minimum Gasteiger partial charge on any atom is -0.103 e. The third kappa shape index (κ3) is 5.04. The van der Waals surface area contributed by atoms with Crippen LogP contribution in [-0.4, -0.2) is 0 Å². The van der Waals surface area contributed by atoms with Crippen molar-refractivity contribution in [3.05, 3.63) is 97.1 Å². The molecule has 0 aliphatic heterocycles. The van der Waals surface area contributed by atoms with Crippen LogP contribution in [0.4, 0.5) is 0 Å². The Balaban J connectivity index is 2.13. The van der Waals surface area contributed by atoms with Gasteiger partial charge >= 0.3 is 0 Å². The molecule has 2 atom stereocenters. The number of rotatable bonds is 9. The molecule has 0 heteroatoms. The van der Waals surface area contributed by atoms with Crippen LogP contribution in [0.25, 0.3) is 0 Å². The molecule has 22 heavy (non-hydrogen) atoms. The van der Waals surface area contributed by atoms with Gasteiger partial charge in [-0.25, -0.2) is 0 Å². The SMILES string of the molecule is C=CCC(Cc1ccccc1)C(CC=C)Cc1ccccc1. The monoisotopic (exact) mass is 290 g/mol. The summed E-state index contributed by atoms with van der Waals surface area (Å²) in [7, 11) is 0. The van der Waals surface area contributed by atoms with Gasteiger partial charge in [0.15, 0.2) is 0 Å². The van der Waals surface area contributed by atoms with Gasteiger partial charge in [-0.2, -0.15) is 0 Å². The van der Waals surface area contributed by atoms with Gasteiger partial charge in [-0.05, 0) is 48.6 Å². The van der Waals surface area contributed by atoms with Gasteiger partial charge in [0.25, 0.3) is 0 Å². The number of hydrogen-bond acceptors (Lipinski definition) is 0. The lowest BCUT2D eigenvalue weighted by Crippen LogP contribution is -2.19. The molecule has 0 aromatic heterocycles. The van der Waals surface area contributed by atoms with E-state index >= 15 is 0 Å². The fraction of sp³-hybridized carbons (Fsp3) is 0.273. The summed E-state index contributed by atoms with van der Waals surface area (Å²) in [5, 5.41) is 0. The summed E-state index contributed by atoms with van der Waals surface area (Å²) in [5.74, 6) is 1.22. The molecule has 2 aromatic rings. The van der Waals surface area contributed by atoms with Gasteiger partial charge in [0.1, 0.15) is 0 Å². The molecule has 0 aliphatic rings. The van der Waals surface area contributed by atoms with E-state index in [9.17, 15) is 0 Å². The van der Waals surface area contributed by atoms with E-state index in [1.54, 1.807) is 0 Å². The lowest BCUT2D eigenvalue weighted by Gasteiger charge is -2.26. The summed E-state index contributed by atoms with van der Waals surface area (Å²) >= 11 is 0. The second kappa shape index (κ2) is 9.04. The molecule has 2 aromatic carbocycles. The Hall–Kier alpha value is -2.08. The Bertz CT molecular complexity index is 500. The molecule has 2 unspecified atom stereocenters. The molecule has 0 saturated heterocycles. The molecule has 0 fully saturated rings. The molecule has 0 radical (unpaired) electrons. The van der Waals surface area contributed by atoms with Gasteiger partial charge in [0, 0.05) is 0 Å².